The summed E-state index contributed by atoms with van der Waals surface area (Å²) in [6.07, 6.45) is -4.51. The third-order valence-corrected chi connectivity index (χ3v) is 6.99. The van der Waals surface area contributed by atoms with E-state index in [-0.39, 0.29) is 5.69 Å². The smallest absolute Gasteiger partial charge is 0.355 e. The van der Waals surface area contributed by atoms with Crippen molar-refractivity contribution < 1.29 is 13.2 Å². The minimum Gasteiger partial charge on any atom is -0.355 e. The van der Waals surface area contributed by atoms with Crippen molar-refractivity contribution >= 4 is 45.5 Å². The molecule has 0 fully saturated rings. The van der Waals surface area contributed by atoms with Gasteiger partial charge in [-0.25, -0.2) is 0 Å². The molecule has 212 valence electrons. The highest BCUT2D eigenvalue weighted by Crippen LogP contribution is 2.43. The Bertz CT molecular complexity index is 1600. The Labute approximate surface area is 249 Å². The first-order valence-corrected chi connectivity index (χ1v) is 13.9. The van der Waals surface area contributed by atoms with Gasteiger partial charge < -0.3 is 15.1 Å². The van der Waals surface area contributed by atoms with Crippen LogP contribution < -0.4 is 15.1 Å². The third kappa shape index (κ3) is 6.23. The number of alkyl halides is 3. The summed E-state index contributed by atoms with van der Waals surface area (Å²) >= 11 is 0. The van der Waals surface area contributed by atoms with Crippen molar-refractivity contribution in [2.45, 2.75) is 6.18 Å². The van der Waals surface area contributed by atoms with Gasteiger partial charge in [0.1, 0.15) is 0 Å². The van der Waals surface area contributed by atoms with Crippen molar-refractivity contribution in [3.63, 3.8) is 0 Å². The van der Waals surface area contributed by atoms with Crippen molar-refractivity contribution in [1.29, 1.82) is 0 Å². The zero-order chi connectivity index (χ0) is 29.6. The second-order valence-electron chi connectivity index (χ2n) is 9.92. The van der Waals surface area contributed by atoms with E-state index in [1.54, 1.807) is 6.07 Å². The highest BCUT2D eigenvalue weighted by molar-refractivity contribution is 5.86. The first-order valence-electron chi connectivity index (χ1n) is 13.9. The number of hydrogen-bond donors (Lipinski definition) is 1. The van der Waals surface area contributed by atoms with E-state index in [9.17, 15) is 13.2 Å². The number of nitrogens with zero attached hydrogens (tertiary/aromatic N) is 2. The van der Waals surface area contributed by atoms with Gasteiger partial charge >= 0.3 is 6.18 Å². The van der Waals surface area contributed by atoms with Gasteiger partial charge in [-0.15, -0.1) is 0 Å². The summed E-state index contributed by atoms with van der Waals surface area (Å²) < 4.78 is 42.0. The molecular formula is C37H28F3N3. The van der Waals surface area contributed by atoms with Gasteiger partial charge in [0, 0.05) is 28.4 Å². The quantitative estimate of drug-likeness (QED) is 0.196. The number of rotatable bonds is 8. The summed E-state index contributed by atoms with van der Waals surface area (Å²) in [6, 6.07) is 51.0. The number of benzene rings is 6. The third-order valence-electron chi connectivity index (χ3n) is 6.99. The van der Waals surface area contributed by atoms with Crippen molar-refractivity contribution in [1.82, 2.24) is 0 Å². The Morgan fingerprint density at radius 3 is 1.12 bits per heavy atom. The van der Waals surface area contributed by atoms with E-state index < -0.39 is 11.7 Å². The molecule has 0 bridgehead atoms. The van der Waals surface area contributed by atoms with Crippen LogP contribution in [0.25, 0.3) is 0 Å². The molecule has 6 heteroatoms. The molecule has 0 atom stereocenters. The van der Waals surface area contributed by atoms with E-state index in [0.717, 1.165) is 40.2 Å². The zero-order valence-electron chi connectivity index (χ0n) is 23.1. The molecule has 6 aromatic rings. The Hall–Kier alpha value is -5.49. The monoisotopic (exact) mass is 571 g/mol. The van der Waals surface area contributed by atoms with Crippen molar-refractivity contribution in [3.8, 4) is 0 Å². The lowest BCUT2D eigenvalue weighted by molar-refractivity contribution is -0.136. The normalized spacial score (nSPS) is 11.1. The highest BCUT2D eigenvalue weighted by atomic mass is 19.4. The van der Waals surface area contributed by atoms with E-state index in [1.807, 2.05) is 133 Å². The summed E-state index contributed by atoms with van der Waals surface area (Å²) in [6.45, 7) is 0. The summed E-state index contributed by atoms with van der Waals surface area (Å²) in [5, 5.41) is 3.10. The van der Waals surface area contributed by atoms with E-state index in [2.05, 4.69) is 21.2 Å². The number of hydrogen-bond acceptors (Lipinski definition) is 3. The van der Waals surface area contributed by atoms with E-state index in [1.165, 1.54) is 12.1 Å². The maximum Gasteiger partial charge on any atom is 0.418 e. The molecule has 0 aliphatic heterocycles. The number of anilines is 8. The second kappa shape index (κ2) is 12.2. The van der Waals surface area contributed by atoms with Crippen LogP contribution in [0.1, 0.15) is 5.56 Å². The van der Waals surface area contributed by atoms with Crippen LogP contribution in [0.4, 0.5) is 58.7 Å². The fourth-order valence-electron chi connectivity index (χ4n) is 5.12. The second-order valence-corrected chi connectivity index (χ2v) is 9.92. The number of nitrogens with one attached hydrogen (secondary N) is 1. The van der Waals surface area contributed by atoms with Gasteiger partial charge in [-0.3, -0.25) is 0 Å². The largest absolute Gasteiger partial charge is 0.418 e. The molecule has 6 rings (SSSR count). The van der Waals surface area contributed by atoms with Gasteiger partial charge in [0.05, 0.1) is 22.6 Å². The lowest BCUT2D eigenvalue weighted by Gasteiger charge is -2.30. The Morgan fingerprint density at radius 2 is 0.744 bits per heavy atom. The van der Waals surface area contributed by atoms with Crippen LogP contribution >= 0.6 is 0 Å². The predicted molar refractivity (Wildman–Crippen MR) is 171 cm³/mol. The van der Waals surface area contributed by atoms with Gasteiger partial charge in [0.15, 0.2) is 0 Å². The first-order chi connectivity index (χ1) is 21.0. The molecule has 1 N–H and O–H groups in total. The average Bonchev–Trinajstić information content (AvgIpc) is 3.03. The number of para-hydroxylation sites is 5. The summed E-state index contributed by atoms with van der Waals surface area (Å²) in [7, 11) is 0. The molecule has 0 radical (unpaired) electrons. The summed E-state index contributed by atoms with van der Waals surface area (Å²) in [4.78, 5) is 4.19. The van der Waals surface area contributed by atoms with Crippen molar-refractivity contribution in [2.75, 3.05) is 15.1 Å². The molecule has 0 amide bonds. The standard InChI is InChI=1S/C37H28F3N3/c38-37(39,40)35-23-13-14-24-36(35)41-28-25-33(42(29-15-5-1-6-16-29)30-17-7-2-8-18-30)27-34(26-28)43(31-19-9-3-10-20-31)32-21-11-4-12-22-32/h1-27,41H. The summed E-state index contributed by atoms with van der Waals surface area (Å²) in [5.74, 6) is 0. The molecule has 0 spiro atoms. The zero-order valence-corrected chi connectivity index (χ0v) is 23.1. The molecular weight excluding hydrogens is 543 g/mol. The van der Waals surface area contributed by atoms with Crippen LogP contribution in [-0.4, -0.2) is 0 Å². The van der Waals surface area contributed by atoms with Crippen molar-refractivity contribution in [3.05, 3.63) is 169 Å². The summed E-state index contributed by atoms with van der Waals surface area (Å²) in [5.41, 5.74) is 4.98. The molecule has 6 aromatic carbocycles. The van der Waals surface area contributed by atoms with Gasteiger partial charge in [-0.2, -0.15) is 13.2 Å². The highest BCUT2D eigenvalue weighted by Gasteiger charge is 2.33. The van der Waals surface area contributed by atoms with Crippen LogP contribution in [0, 0.1) is 0 Å². The molecule has 0 unspecified atom stereocenters. The van der Waals surface area contributed by atoms with Gasteiger partial charge in [-0.1, -0.05) is 84.9 Å². The lowest BCUT2D eigenvalue weighted by atomic mass is 10.1. The molecule has 0 saturated carbocycles. The molecule has 0 heterocycles. The Balaban J connectivity index is 1.58. The predicted octanol–water partition coefficient (Wildman–Crippen LogP) is 11.4. The van der Waals surface area contributed by atoms with Gasteiger partial charge in [0.25, 0.3) is 0 Å². The van der Waals surface area contributed by atoms with Crippen LogP contribution in [-0.2, 0) is 6.18 Å². The maximum absolute atomic E-state index is 14.0. The van der Waals surface area contributed by atoms with E-state index in [0.29, 0.717) is 5.69 Å². The van der Waals surface area contributed by atoms with Crippen LogP contribution in [0.3, 0.4) is 0 Å². The SMILES string of the molecule is FC(F)(F)c1ccccc1Nc1cc(N(c2ccccc2)c2ccccc2)cc(N(c2ccccc2)c2ccccc2)c1. The number of halogens is 3. The Kier molecular flexibility index (Phi) is 7.83. The first kappa shape index (κ1) is 27.7. The van der Waals surface area contributed by atoms with Crippen LogP contribution in [0.15, 0.2) is 164 Å². The van der Waals surface area contributed by atoms with E-state index in [4.69, 9.17) is 0 Å². The Morgan fingerprint density at radius 1 is 0.395 bits per heavy atom. The van der Waals surface area contributed by atoms with Crippen LogP contribution in [0.2, 0.25) is 0 Å². The van der Waals surface area contributed by atoms with Crippen molar-refractivity contribution in [2.24, 2.45) is 0 Å². The fraction of sp³-hybridized carbons (Fsp3) is 0.0270. The molecule has 0 aromatic heterocycles. The maximum atomic E-state index is 14.0. The average molecular weight is 572 g/mol. The minimum absolute atomic E-state index is 0.0185. The molecule has 0 saturated heterocycles. The van der Waals surface area contributed by atoms with Gasteiger partial charge in [0.2, 0.25) is 0 Å². The molecule has 43 heavy (non-hydrogen) atoms. The fourth-order valence-corrected chi connectivity index (χ4v) is 5.12. The molecule has 3 nitrogen and oxygen atoms in total. The topological polar surface area (TPSA) is 18.5 Å². The van der Waals surface area contributed by atoms with E-state index >= 15 is 0 Å². The molecule has 0 aliphatic rings. The molecule has 0 aliphatic carbocycles. The minimum atomic E-state index is -4.51. The van der Waals surface area contributed by atoms with Gasteiger partial charge in [-0.05, 0) is 78.9 Å². The lowest BCUT2D eigenvalue weighted by Crippen LogP contribution is -2.14. The van der Waals surface area contributed by atoms with Crippen LogP contribution in [0.5, 0.6) is 0 Å².